The first kappa shape index (κ1) is 21.7. The lowest BCUT2D eigenvalue weighted by atomic mass is 10.6. The van der Waals surface area contributed by atoms with Crippen LogP contribution in [0.15, 0.2) is 0 Å². The Labute approximate surface area is 137 Å². The Hall–Kier alpha value is 0.748. The van der Waals surface area contributed by atoms with Gasteiger partial charge in [0.1, 0.15) is 0 Å². The van der Waals surface area contributed by atoms with Crippen molar-refractivity contribution >= 4 is 33.8 Å². The van der Waals surface area contributed by atoms with Gasteiger partial charge in [-0.1, -0.05) is 26.7 Å². The summed E-state index contributed by atoms with van der Waals surface area (Å²) in [4.78, 5) is 0. The molecular weight excluding hydrogens is 328 g/mol. The molecular formula is C14H38O3Si4. The van der Waals surface area contributed by atoms with Crippen molar-refractivity contribution in [3.8, 4) is 0 Å². The summed E-state index contributed by atoms with van der Waals surface area (Å²) >= 11 is 0. The fraction of sp³-hybridized carbons (Fsp3) is 1.00. The number of hydrogen-bond donors (Lipinski definition) is 0. The van der Waals surface area contributed by atoms with E-state index in [1.165, 1.54) is 24.9 Å². The highest BCUT2D eigenvalue weighted by molar-refractivity contribution is 6.89. The van der Waals surface area contributed by atoms with Crippen molar-refractivity contribution in [2.24, 2.45) is 0 Å². The lowest BCUT2D eigenvalue weighted by Crippen LogP contribution is -2.56. The predicted molar refractivity (Wildman–Crippen MR) is 103 cm³/mol. The summed E-state index contributed by atoms with van der Waals surface area (Å²) < 4.78 is 19.5. The average molecular weight is 367 g/mol. The average Bonchev–Trinajstić information content (AvgIpc) is 2.09. The van der Waals surface area contributed by atoms with E-state index in [9.17, 15) is 0 Å². The normalized spacial score (nSPS) is 14.6. The van der Waals surface area contributed by atoms with Crippen LogP contribution in [0.1, 0.15) is 26.7 Å². The molecule has 0 aliphatic heterocycles. The first-order valence-corrected chi connectivity index (χ1v) is 20.2. The van der Waals surface area contributed by atoms with Gasteiger partial charge >= 0.3 is 17.1 Å². The smallest absolute Gasteiger partial charge is 0.312 e. The summed E-state index contributed by atoms with van der Waals surface area (Å²) in [5, 5.41) is 0. The summed E-state index contributed by atoms with van der Waals surface area (Å²) in [5.74, 6) is 0. The van der Waals surface area contributed by atoms with E-state index < -0.39 is 33.8 Å². The van der Waals surface area contributed by atoms with Crippen LogP contribution in [0.2, 0.25) is 64.5 Å². The lowest BCUT2D eigenvalue weighted by Gasteiger charge is -2.41. The summed E-state index contributed by atoms with van der Waals surface area (Å²) in [6.45, 7) is 22.4. The number of hydrogen-bond acceptors (Lipinski definition) is 3. The molecule has 21 heavy (non-hydrogen) atoms. The van der Waals surface area contributed by atoms with E-state index in [1.54, 1.807) is 0 Å². The Bertz CT molecular complexity index is 287. The molecule has 0 unspecified atom stereocenters. The topological polar surface area (TPSA) is 27.7 Å². The van der Waals surface area contributed by atoms with Crippen molar-refractivity contribution in [2.45, 2.75) is 91.2 Å². The molecule has 0 bridgehead atoms. The molecule has 0 aromatic rings. The Morgan fingerprint density at radius 2 is 0.810 bits per heavy atom. The first-order valence-electron chi connectivity index (χ1n) is 8.35. The molecule has 0 aliphatic rings. The van der Waals surface area contributed by atoms with Crippen molar-refractivity contribution in [2.75, 3.05) is 0 Å². The molecule has 0 radical (unpaired) electrons. The van der Waals surface area contributed by atoms with Gasteiger partial charge in [-0.25, -0.2) is 0 Å². The van der Waals surface area contributed by atoms with Crippen LogP contribution in [-0.2, 0) is 12.3 Å². The second kappa shape index (κ2) is 8.03. The highest BCUT2D eigenvalue weighted by Crippen LogP contribution is 2.27. The second-order valence-electron chi connectivity index (χ2n) is 8.13. The van der Waals surface area contributed by atoms with Crippen LogP contribution in [-0.4, -0.2) is 33.8 Å². The minimum absolute atomic E-state index is 1.19. The van der Waals surface area contributed by atoms with Crippen molar-refractivity contribution in [3.05, 3.63) is 0 Å². The maximum absolute atomic E-state index is 6.50. The van der Waals surface area contributed by atoms with E-state index in [4.69, 9.17) is 12.3 Å². The monoisotopic (exact) mass is 366 g/mol. The Morgan fingerprint density at radius 1 is 0.524 bits per heavy atom. The predicted octanol–water partition coefficient (Wildman–Crippen LogP) is 5.67. The molecule has 0 N–H and O–H groups in total. The summed E-state index contributed by atoms with van der Waals surface area (Å²) in [6.07, 6.45) is 2.38. The third-order valence-corrected chi connectivity index (χ3v) is 18.9. The van der Waals surface area contributed by atoms with Crippen LogP contribution in [0.5, 0.6) is 0 Å². The molecule has 0 fully saturated rings. The van der Waals surface area contributed by atoms with Gasteiger partial charge < -0.3 is 12.3 Å². The molecule has 3 nitrogen and oxygen atoms in total. The first-order chi connectivity index (χ1) is 9.24. The van der Waals surface area contributed by atoms with Gasteiger partial charge in [-0.15, -0.1) is 0 Å². The van der Waals surface area contributed by atoms with E-state index in [2.05, 4.69) is 66.2 Å². The van der Waals surface area contributed by atoms with Crippen LogP contribution in [0, 0.1) is 0 Å². The summed E-state index contributed by atoms with van der Waals surface area (Å²) in [7, 11) is -7.42. The van der Waals surface area contributed by atoms with Crippen molar-refractivity contribution in [1.29, 1.82) is 0 Å². The zero-order valence-corrected chi connectivity index (χ0v) is 20.1. The van der Waals surface area contributed by atoms with E-state index in [1.807, 2.05) is 0 Å². The standard InChI is InChI=1S/C14H38O3Si4/c1-11-13-18(3,4)15-20(7,8)17-21(9,10)16-19(5,6)14-12-2/h11-14H2,1-10H3. The van der Waals surface area contributed by atoms with E-state index >= 15 is 0 Å². The number of rotatable bonds is 10. The lowest BCUT2D eigenvalue weighted by molar-refractivity contribution is 0.328. The maximum Gasteiger partial charge on any atom is 0.312 e. The maximum atomic E-state index is 6.50. The molecule has 0 spiro atoms. The fourth-order valence-electron chi connectivity index (χ4n) is 3.27. The van der Waals surface area contributed by atoms with Crippen LogP contribution in [0.25, 0.3) is 0 Å². The SMILES string of the molecule is CCC[Si](C)(C)O[Si](C)(C)O[Si](C)(C)O[Si](C)(C)CCC. The van der Waals surface area contributed by atoms with E-state index in [0.29, 0.717) is 0 Å². The van der Waals surface area contributed by atoms with Crippen LogP contribution < -0.4 is 0 Å². The fourth-order valence-corrected chi connectivity index (χ4v) is 23.0. The third kappa shape index (κ3) is 10.2. The molecule has 0 rings (SSSR count). The van der Waals surface area contributed by atoms with Gasteiger partial charge in [-0.2, -0.15) is 0 Å². The zero-order chi connectivity index (χ0) is 16.9. The quantitative estimate of drug-likeness (QED) is 0.466. The molecule has 0 atom stereocenters. The Morgan fingerprint density at radius 3 is 1.05 bits per heavy atom. The molecule has 0 saturated carbocycles. The molecule has 7 heteroatoms. The van der Waals surface area contributed by atoms with Gasteiger partial charge in [-0.3, -0.25) is 0 Å². The van der Waals surface area contributed by atoms with Crippen molar-refractivity contribution in [1.82, 2.24) is 0 Å². The van der Waals surface area contributed by atoms with Gasteiger partial charge in [0, 0.05) is 0 Å². The second-order valence-corrected chi connectivity index (χ2v) is 24.2. The summed E-state index contributed by atoms with van der Waals surface area (Å²) in [6, 6.07) is 2.40. The van der Waals surface area contributed by atoms with Gasteiger partial charge in [0.15, 0.2) is 16.6 Å². The van der Waals surface area contributed by atoms with Gasteiger partial charge in [0.25, 0.3) is 0 Å². The largest absolute Gasteiger partial charge is 0.436 e. The minimum atomic E-state index is -2.11. The molecule has 0 aliphatic carbocycles. The zero-order valence-electron chi connectivity index (χ0n) is 16.1. The van der Waals surface area contributed by atoms with Crippen LogP contribution in [0.4, 0.5) is 0 Å². The van der Waals surface area contributed by atoms with E-state index in [0.717, 1.165) is 0 Å². The molecule has 0 amide bonds. The molecule has 128 valence electrons. The van der Waals surface area contributed by atoms with Crippen LogP contribution >= 0.6 is 0 Å². The van der Waals surface area contributed by atoms with Crippen LogP contribution in [0.3, 0.4) is 0 Å². The summed E-state index contributed by atoms with van der Waals surface area (Å²) in [5.41, 5.74) is 0. The Balaban J connectivity index is 4.75. The van der Waals surface area contributed by atoms with Gasteiger partial charge in [-0.05, 0) is 64.5 Å². The highest BCUT2D eigenvalue weighted by Gasteiger charge is 2.42. The molecule has 0 aromatic carbocycles. The van der Waals surface area contributed by atoms with Gasteiger partial charge in [0.2, 0.25) is 0 Å². The highest BCUT2D eigenvalue weighted by atomic mass is 28.5. The van der Waals surface area contributed by atoms with Gasteiger partial charge in [0.05, 0.1) is 0 Å². The minimum Gasteiger partial charge on any atom is -0.436 e. The molecule has 0 saturated heterocycles. The Kier molecular flexibility index (Phi) is 8.31. The van der Waals surface area contributed by atoms with E-state index in [-0.39, 0.29) is 0 Å². The molecule has 0 heterocycles. The van der Waals surface area contributed by atoms with Crippen molar-refractivity contribution in [3.63, 3.8) is 0 Å². The van der Waals surface area contributed by atoms with Crippen molar-refractivity contribution < 1.29 is 12.3 Å². The third-order valence-electron chi connectivity index (χ3n) is 3.24. The molecule has 0 aromatic heterocycles.